The van der Waals surface area contributed by atoms with Crippen molar-refractivity contribution in [3.8, 4) is 0 Å². The molecule has 0 aliphatic heterocycles. The topological polar surface area (TPSA) is 123 Å². The summed E-state index contributed by atoms with van der Waals surface area (Å²) < 4.78 is 58.9. The van der Waals surface area contributed by atoms with Crippen molar-refractivity contribution < 1.29 is 31.1 Å². The van der Waals surface area contributed by atoms with Gasteiger partial charge < -0.3 is 4.55 Å². The van der Waals surface area contributed by atoms with Gasteiger partial charge in [0.1, 0.15) is 0 Å². The monoisotopic (exact) mass is 223 g/mol. The first-order valence-electron chi connectivity index (χ1n) is 2.60. The third kappa shape index (κ3) is 8.88. The fourth-order valence-corrected chi connectivity index (χ4v) is 0. The lowest BCUT2D eigenvalue weighted by Gasteiger charge is -2.08. The summed E-state index contributed by atoms with van der Waals surface area (Å²) in [5.74, 6) is 0.255. The molecule has 0 aromatic carbocycles. The lowest BCUT2D eigenvalue weighted by molar-refractivity contribution is -0.422. The minimum atomic E-state index is -6.09. The second-order valence-corrected chi connectivity index (χ2v) is 2.98. The van der Waals surface area contributed by atoms with Crippen molar-refractivity contribution in [1.29, 1.82) is 0 Å². The standard InChI is InChI=1S/C2H7N3.CHF3O3S/c1-5-2(3)4;2-1(3,4)8(5,6)7/h1H3,(H4,3,4,5);(H,5,6,7). The molecule has 13 heavy (non-hydrogen) atoms. The highest BCUT2D eigenvalue weighted by Gasteiger charge is 2.36. The van der Waals surface area contributed by atoms with Gasteiger partial charge in [-0.1, -0.05) is 0 Å². The number of hydrogen-bond acceptors (Lipinski definition) is 3. The second kappa shape index (κ2) is 4.87. The van der Waals surface area contributed by atoms with E-state index in [1.807, 2.05) is 0 Å². The highest BCUT2D eigenvalue weighted by molar-refractivity contribution is 7.86. The van der Waals surface area contributed by atoms with E-state index in [9.17, 15) is 13.2 Å². The van der Waals surface area contributed by atoms with Crippen LogP contribution >= 0.6 is 0 Å². The first kappa shape index (κ1) is 14.5. The van der Waals surface area contributed by atoms with E-state index in [-0.39, 0.29) is 5.96 Å². The van der Waals surface area contributed by atoms with Gasteiger partial charge in [-0.15, -0.1) is 0 Å². The molecule has 0 saturated heterocycles. The van der Waals surface area contributed by atoms with Crippen LogP contribution in [-0.4, -0.2) is 31.5 Å². The van der Waals surface area contributed by atoms with Crippen LogP contribution in [0.15, 0.2) is 0 Å². The molecule has 0 radical (unpaired) electrons. The molecule has 0 aromatic heterocycles. The van der Waals surface area contributed by atoms with Gasteiger partial charge >= 0.3 is 11.5 Å². The number of hydrogen-bond donors (Lipinski definition) is 3. The lowest BCUT2D eigenvalue weighted by atomic mass is 11.1. The van der Waals surface area contributed by atoms with Crippen LogP contribution in [0.4, 0.5) is 13.2 Å². The predicted octanol–water partition coefficient (Wildman–Crippen LogP) is -2.98. The first-order chi connectivity index (χ1) is 5.52. The Hall–Kier alpha value is -1.03. The van der Waals surface area contributed by atoms with Gasteiger partial charge in [-0.2, -0.15) is 13.2 Å². The van der Waals surface area contributed by atoms with Crippen LogP contribution in [0, 0.1) is 0 Å². The Balaban J connectivity index is 0. The predicted molar refractivity (Wildman–Crippen MR) is 36.0 cm³/mol. The fraction of sp³-hybridized carbons (Fsp3) is 0.667. The van der Waals surface area contributed by atoms with Crippen LogP contribution in [0.2, 0.25) is 0 Å². The zero-order valence-corrected chi connectivity index (χ0v) is 7.24. The molecular formula is C3H8F3N3O3S. The number of halogens is 3. The Kier molecular flexibility index (Phi) is 5.42. The molecule has 0 aliphatic carbocycles. The summed E-state index contributed by atoms with van der Waals surface area (Å²) in [4.78, 5) is 2.50. The van der Waals surface area contributed by atoms with E-state index in [0.29, 0.717) is 0 Å². The normalized spacial score (nSPS) is 11.2. The number of guanidine groups is 1. The van der Waals surface area contributed by atoms with Crippen molar-refractivity contribution in [3.63, 3.8) is 0 Å². The maximum atomic E-state index is 10.7. The van der Waals surface area contributed by atoms with E-state index in [1.165, 1.54) is 0 Å². The van der Waals surface area contributed by atoms with E-state index >= 15 is 0 Å². The molecule has 0 aromatic rings. The van der Waals surface area contributed by atoms with Gasteiger partial charge in [0.25, 0.3) is 0 Å². The third-order valence-corrected chi connectivity index (χ3v) is 1.14. The summed E-state index contributed by atoms with van der Waals surface area (Å²) >= 11 is 0. The molecule has 0 amide bonds. The fourth-order valence-electron chi connectivity index (χ4n) is 0. The van der Waals surface area contributed by atoms with Crippen molar-refractivity contribution in [2.24, 2.45) is 11.5 Å². The quantitative estimate of drug-likeness (QED) is 0.175. The van der Waals surface area contributed by atoms with Gasteiger partial charge in [-0.25, -0.2) is 8.42 Å². The Morgan fingerprint density at radius 1 is 1.38 bits per heavy atom. The Morgan fingerprint density at radius 3 is 1.54 bits per heavy atom. The van der Waals surface area contributed by atoms with Gasteiger partial charge in [-0.05, 0) is 0 Å². The molecule has 0 spiro atoms. The zero-order valence-electron chi connectivity index (χ0n) is 6.42. The third-order valence-electron chi connectivity index (χ3n) is 0.572. The number of nitrogens with one attached hydrogen (secondary N) is 1. The van der Waals surface area contributed by atoms with Crippen LogP contribution in [0.25, 0.3) is 0 Å². The molecule has 0 saturated carbocycles. The van der Waals surface area contributed by atoms with Crippen molar-refractivity contribution in [2.45, 2.75) is 5.51 Å². The average Bonchev–Trinajstić information content (AvgIpc) is 1.84. The Bertz CT molecular complexity index is 265. The molecule has 0 fully saturated rings. The van der Waals surface area contributed by atoms with Crippen LogP contribution in [0.1, 0.15) is 0 Å². The lowest BCUT2D eigenvalue weighted by Crippen LogP contribution is -2.73. The van der Waals surface area contributed by atoms with Gasteiger partial charge in [-0.3, -0.25) is 16.5 Å². The number of rotatable bonds is 0. The molecule has 0 bridgehead atoms. The second-order valence-electron chi connectivity index (χ2n) is 1.61. The smallest absolute Gasteiger partial charge is 0.485 e. The molecule has 6 nitrogen and oxygen atoms in total. The SMILES string of the molecule is C[NH+]=C(N)N.O=S(=O)([O-])C(F)(F)F. The minimum Gasteiger partial charge on any atom is -0.741 e. The molecule has 80 valence electrons. The number of nitrogens with two attached hydrogens (primary N) is 2. The Morgan fingerprint density at radius 2 is 1.54 bits per heavy atom. The van der Waals surface area contributed by atoms with E-state index in [0.717, 1.165) is 0 Å². The summed E-state index contributed by atoms with van der Waals surface area (Å²) in [6, 6.07) is 0. The molecular weight excluding hydrogens is 215 g/mol. The highest BCUT2D eigenvalue weighted by Crippen LogP contribution is 2.20. The summed E-state index contributed by atoms with van der Waals surface area (Å²) in [5.41, 5.74) is 4.10. The summed E-state index contributed by atoms with van der Waals surface area (Å²) in [6.07, 6.45) is 0. The van der Waals surface area contributed by atoms with Gasteiger partial charge in [0.2, 0.25) is 0 Å². The molecule has 10 heteroatoms. The van der Waals surface area contributed by atoms with Crippen LogP contribution in [-0.2, 0) is 10.1 Å². The van der Waals surface area contributed by atoms with Gasteiger partial charge in [0.05, 0.1) is 7.05 Å². The molecule has 0 heterocycles. The maximum absolute atomic E-state index is 10.7. The van der Waals surface area contributed by atoms with Crippen molar-refractivity contribution in [3.05, 3.63) is 0 Å². The van der Waals surface area contributed by atoms with Crippen LogP contribution in [0.5, 0.6) is 0 Å². The van der Waals surface area contributed by atoms with E-state index < -0.39 is 15.6 Å². The van der Waals surface area contributed by atoms with E-state index in [2.05, 4.69) is 4.99 Å². The van der Waals surface area contributed by atoms with Crippen LogP contribution < -0.4 is 16.5 Å². The van der Waals surface area contributed by atoms with Crippen LogP contribution in [0.3, 0.4) is 0 Å². The van der Waals surface area contributed by atoms with E-state index in [4.69, 9.17) is 24.4 Å². The summed E-state index contributed by atoms with van der Waals surface area (Å²) in [7, 11) is -4.43. The highest BCUT2D eigenvalue weighted by atomic mass is 32.2. The van der Waals surface area contributed by atoms with Crippen molar-refractivity contribution in [1.82, 2.24) is 0 Å². The van der Waals surface area contributed by atoms with Crippen molar-refractivity contribution in [2.75, 3.05) is 7.05 Å². The largest absolute Gasteiger partial charge is 0.741 e. The first-order valence-corrected chi connectivity index (χ1v) is 4.01. The summed E-state index contributed by atoms with van der Waals surface area (Å²) in [6.45, 7) is 0. The minimum absolute atomic E-state index is 0.255. The molecule has 0 atom stereocenters. The maximum Gasteiger partial charge on any atom is 0.485 e. The molecule has 0 rings (SSSR count). The van der Waals surface area contributed by atoms with Gasteiger partial charge in [0.15, 0.2) is 10.1 Å². The number of alkyl halides is 3. The molecule has 5 N–H and O–H groups in total. The summed E-state index contributed by atoms with van der Waals surface area (Å²) in [5, 5.41) is 0. The molecule has 0 unspecified atom stereocenters. The van der Waals surface area contributed by atoms with Gasteiger partial charge in [0, 0.05) is 0 Å². The Labute approximate surface area is 72.2 Å². The van der Waals surface area contributed by atoms with Crippen molar-refractivity contribution >= 4 is 16.1 Å². The van der Waals surface area contributed by atoms with E-state index in [1.54, 1.807) is 7.05 Å². The zero-order chi connectivity index (χ0) is 11.3. The average molecular weight is 223 g/mol. The molecule has 0 aliphatic rings.